The van der Waals surface area contributed by atoms with E-state index in [4.69, 9.17) is 10.8 Å². The molecular weight excluding hydrogens is 142 g/mol. The van der Waals surface area contributed by atoms with Crippen LogP contribution in [0.3, 0.4) is 0 Å². The van der Waals surface area contributed by atoms with Gasteiger partial charge in [0.05, 0.1) is 0 Å². The summed E-state index contributed by atoms with van der Waals surface area (Å²) in [5.74, 6) is 0.117. The largest absolute Gasteiger partial charge is 0.481 e. The second-order valence-corrected chi connectivity index (χ2v) is 3.12. The van der Waals surface area contributed by atoms with E-state index in [2.05, 4.69) is 0 Å². The van der Waals surface area contributed by atoms with Crippen LogP contribution >= 0.6 is 0 Å². The molecule has 0 aliphatic rings. The zero-order chi connectivity index (χ0) is 8.85. The van der Waals surface area contributed by atoms with Gasteiger partial charge in [-0.2, -0.15) is 0 Å². The van der Waals surface area contributed by atoms with E-state index in [1.54, 1.807) is 0 Å². The molecule has 0 amide bonds. The summed E-state index contributed by atoms with van der Waals surface area (Å²) < 4.78 is 0. The normalized spacial score (nSPS) is 15.9. The van der Waals surface area contributed by atoms with Crippen LogP contribution in [-0.2, 0) is 4.79 Å². The standard InChI is InChI=1S/C8H17NO2/c1-6(7(2)5-9)3-4-8(10)11/h6-7H,3-5,9H2,1-2H3,(H,10,11). The van der Waals surface area contributed by atoms with Crippen molar-refractivity contribution in [3.63, 3.8) is 0 Å². The summed E-state index contributed by atoms with van der Waals surface area (Å²) in [5.41, 5.74) is 5.43. The third-order valence-electron chi connectivity index (χ3n) is 2.16. The molecule has 0 saturated carbocycles. The average molecular weight is 159 g/mol. The van der Waals surface area contributed by atoms with Gasteiger partial charge < -0.3 is 10.8 Å². The van der Waals surface area contributed by atoms with Gasteiger partial charge >= 0.3 is 5.97 Å². The molecule has 3 nitrogen and oxygen atoms in total. The van der Waals surface area contributed by atoms with Crippen molar-refractivity contribution in [3.8, 4) is 0 Å². The second kappa shape index (κ2) is 5.13. The summed E-state index contributed by atoms with van der Waals surface area (Å²) in [7, 11) is 0. The van der Waals surface area contributed by atoms with E-state index in [1.165, 1.54) is 0 Å². The van der Waals surface area contributed by atoms with Crippen LogP contribution in [0, 0.1) is 11.8 Å². The van der Waals surface area contributed by atoms with Crippen molar-refractivity contribution in [2.45, 2.75) is 26.7 Å². The molecule has 0 radical (unpaired) electrons. The van der Waals surface area contributed by atoms with E-state index in [1.807, 2.05) is 13.8 Å². The summed E-state index contributed by atoms with van der Waals surface area (Å²) in [6.45, 7) is 4.73. The lowest BCUT2D eigenvalue weighted by Gasteiger charge is -2.16. The zero-order valence-electron chi connectivity index (χ0n) is 7.21. The van der Waals surface area contributed by atoms with Gasteiger partial charge in [-0.05, 0) is 24.8 Å². The Hall–Kier alpha value is -0.570. The molecule has 0 heterocycles. The Labute approximate surface area is 67.6 Å². The van der Waals surface area contributed by atoms with E-state index in [0.717, 1.165) is 6.42 Å². The minimum Gasteiger partial charge on any atom is -0.481 e. The van der Waals surface area contributed by atoms with Gasteiger partial charge in [0.15, 0.2) is 0 Å². The fourth-order valence-corrected chi connectivity index (χ4v) is 0.868. The molecule has 0 spiro atoms. The minimum atomic E-state index is -0.721. The summed E-state index contributed by atoms with van der Waals surface area (Å²) in [4.78, 5) is 10.2. The first-order valence-electron chi connectivity index (χ1n) is 3.99. The average Bonchev–Trinajstić information content (AvgIpc) is 1.98. The summed E-state index contributed by atoms with van der Waals surface area (Å²) in [6, 6.07) is 0. The molecule has 0 rings (SSSR count). The molecule has 0 bridgehead atoms. The number of carboxylic acid groups (broad SMARTS) is 1. The molecule has 2 atom stereocenters. The van der Waals surface area contributed by atoms with Crippen molar-refractivity contribution in [3.05, 3.63) is 0 Å². The Kier molecular flexibility index (Phi) is 4.86. The Morgan fingerprint density at radius 2 is 2.00 bits per heavy atom. The fraction of sp³-hybridized carbons (Fsp3) is 0.875. The predicted molar refractivity (Wildman–Crippen MR) is 44.3 cm³/mol. The third-order valence-corrected chi connectivity index (χ3v) is 2.16. The van der Waals surface area contributed by atoms with Crippen LogP contribution in [0.2, 0.25) is 0 Å². The number of hydrogen-bond donors (Lipinski definition) is 2. The van der Waals surface area contributed by atoms with E-state index < -0.39 is 5.97 Å². The molecule has 66 valence electrons. The monoisotopic (exact) mass is 159 g/mol. The van der Waals surface area contributed by atoms with Gasteiger partial charge in [-0.25, -0.2) is 0 Å². The van der Waals surface area contributed by atoms with Crippen molar-refractivity contribution in [1.82, 2.24) is 0 Å². The van der Waals surface area contributed by atoms with Gasteiger partial charge in [0, 0.05) is 6.42 Å². The van der Waals surface area contributed by atoms with E-state index in [0.29, 0.717) is 18.4 Å². The molecular formula is C8H17NO2. The molecule has 0 aliphatic carbocycles. The highest BCUT2D eigenvalue weighted by atomic mass is 16.4. The van der Waals surface area contributed by atoms with Gasteiger partial charge in [-0.15, -0.1) is 0 Å². The number of rotatable bonds is 5. The molecule has 0 saturated heterocycles. The minimum absolute atomic E-state index is 0.255. The van der Waals surface area contributed by atoms with Crippen LogP contribution in [0.4, 0.5) is 0 Å². The Morgan fingerprint density at radius 3 is 2.36 bits per heavy atom. The Bertz CT molecular complexity index is 125. The topological polar surface area (TPSA) is 63.3 Å². The molecule has 0 aromatic rings. The molecule has 2 unspecified atom stereocenters. The van der Waals surface area contributed by atoms with Crippen molar-refractivity contribution < 1.29 is 9.90 Å². The van der Waals surface area contributed by atoms with Crippen LogP contribution in [0.25, 0.3) is 0 Å². The number of carbonyl (C=O) groups is 1. The third kappa shape index (κ3) is 4.79. The second-order valence-electron chi connectivity index (χ2n) is 3.12. The Morgan fingerprint density at radius 1 is 1.45 bits per heavy atom. The van der Waals surface area contributed by atoms with Crippen LogP contribution in [0.1, 0.15) is 26.7 Å². The highest BCUT2D eigenvalue weighted by Gasteiger charge is 2.11. The SMILES string of the molecule is CC(CN)C(C)CCC(=O)O. The van der Waals surface area contributed by atoms with Crippen LogP contribution in [0.5, 0.6) is 0 Å². The van der Waals surface area contributed by atoms with Gasteiger partial charge in [-0.1, -0.05) is 13.8 Å². The van der Waals surface area contributed by atoms with Crippen molar-refractivity contribution in [2.75, 3.05) is 6.54 Å². The maximum absolute atomic E-state index is 10.2. The van der Waals surface area contributed by atoms with E-state index in [-0.39, 0.29) is 6.42 Å². The lowest BCUT2D eigenvalue weighted by Crippen LogP contribution is -2.19. The number of nitrogens with two attached hydrogens (primary N) is 1. The molecule has 3 N–H and O–H groups in total. The molecule has 0 aliphatic heterocycles. The fourth-order valence-electron chi connectivity index (χ4n) is 0.868. The van der Waals surface area contributed by atoms with E-state index >= 15 is 0 Å². The summed E-state index contributed by atoms with van der Waals surface area (Å²) in [6.07, 6.45) is 0.985. The van der Waals surface area contributed by atoms with Crippen molar-refractivity contribution in [2.24, 2.45) is 17.6 Å². The van der Waals surface area contributed by atoms with Crippen molar-refractivity contribution >= 4 is 5.97 Å². The van der Waals surface area contributed by atoms with Crippen LogP contribution < -0.4 is 5.73 Å². The highest BCUT2D eigenvalue weighted by Crippen LogP contribution is 2.15. The van der Waals surface area contributed by atoms with Gasteiger partial charge in [0.25, 0.3) is 0 Å². The smallest absolute Gasteiger partial charge is 0.303 e. The molecule has 0 aromatic heterocycles. The predicted octanol–water partition coefficient (Wildman–Crippen LogP) is 1.08. The summed E-state index contributed by atoms with van der Waals surface area (Å²) >= 11 is 0. The summed E-state index contributed by atoms with van der Waals surface area (Å²) in [5, 5.41) is 8.39. The van der Waals surface area contributed by atoms with Crippen LogP contribution in [-0.4, -0.2) is 17.6 Å². The number of aliphatic carboxylic acids is 1. The van der Waals surface area contributed by atoms with Gasteiger partial charge in [0.2, 0.25) is 0 Å². The Balaban J connectivity index is 3.51. The van der Waals surface area contributed by atoms with Gasteiger partial charge in [0.1, 0.15) is 0 Å². The number of carboxylic acids is 1. The molecule has 0 aromatic carbocycles. The first-order chi connectivity index (χ1) is 5.07. The number of hydrogen-bond acceptors (Lipinski definition) is 2. The highest BCUT2D eigenvalue weighted by molar-refractivity contribution is 5.66. The van der Waals surface area contributed by atoms with Crippen molar-refractivity contribution in [1.29, 1.82) is 0 Å². The quantitative estimate of drug-likeness (QED) is 0.631. The lowest BCUT2D eigenvalue weighted by molar-refractivity contribution is -0.137. The first-order valence-corrected chi connectivity index (χ1v) is 3.99. The van der Waals surface area contributed by atoms with Gasteiger partial charge in [-0.3, -0.25) is 4.79 Å². The van der Waals surface area contributed by atoms with E-state index in [9.17, 15) is 4.79 Å². The maximum Gasteiger partial charge on any atom is 0.303 e. The lowest BCUT2D eigenvalue weighted by atomic mass is 9.92. The van der Waals surface area contributed by atoms with Crippen LogP contribution in [0.15, 0.2) is 0 Å². The molecule has 0 fully saturated rings. The zero-order valence-corrected chi connectivity index (χ0v) is 7.21. The molecule has 11 heavy (non-hydrogen) atoms. The molecule has 3 heteroatoms. The first kappa shape index (κ1) is 10.4. The maximum atomic E-state index is 10.2.